The third-order valence-corrected chi connectivity index (χ3v) is 5.61. The predicted molar refractivity (Wildman–Crippen MR) is 130 cm³/mol. The summed E-state index contributed by atoms with van der Waals surface area (Å²) in [5.41, 5.74) is 2.52. The second-order valence-corrected chi connectivity index (χ2v) is 8.30. The first kappa shape index (κ1) is 23.2. The fourth-order valence-corrected chi connectivity index (χ4v) is 3.64. The van der Waals surface area contributed by atoms with Crippen LogP contribution in [0.4, 0.5) is 5.69 Å². The van der Waals surface area contributed by atoms with Crippen LogP contribution in [0.5, 0.6) is 11.5 Å². The monoisotopic (exact) mass is 522 g/mol. The van der Waals surface area contributed by atoms with Crippen molar-refractivity contribution in [1.82, 2.24) is 0 Å². The highest BCUT2D eigenvalue weighted by atomic mass is 79.9. The third-order valence-electron chi connectivity index (χ3n) is 5.08. The van der Waals surface area contributed by atoms with Gasteiger partial charge in [-0.2, -0.15) is 0 Å². The second kappa shape index (κ2) is 9.88. The van der Waals surface area contributed by atoms with Gasteiger partial charge >= 0.3 is 5.97 Å². The summed E-state index contributed by atoms with van der Waals surface area (Å²) in [5, 5.41) is 11.1. The van der Waals surface area contributed by atoms with E-state index in [2.05, 4.69) is 20.9 Å². The molecule has 1 aliphatic rings. The summed E-state index contributed by atoms with van der Waals surface area (Å²) in [7, 11) is 1.54. The van der Waals surface area contributed by atoms with E-state index in [-0.39, 0.29) is 17.3 Å². The van der Waals surface area contributed by atoms with Crippen molar-refractivity contribution in [2.24, 2.45) is 4.99 Å². The first-order chi connectivity index (χ1) is 16.4. The van der Waals surface area contributed by atoms with E-state index in [1.165, 1.54) is 19.2 Å². The maximum atomic E-state index is 12.5. The van der Waals surface area contributed by atoms with E-state index in [4.69, 9.17) is 14.2 Å². The summed E-state index contributed by atoms with van der Waals surface area (Å²) in [5.74, 6) is 0.415. The van der Waals surface area contributed by atoms with Crippen LogP contribution in [0.3, 0.4) is 0 Å². The minimum atomic E-state index is -0.632. The van der Waals surface area contributed by atoms with E-state index in [0.717, 1.165) is 10.0 Å². The molecule has 9 heteroatoms. The number of hydrogen-bond donors (Lipinski definition) is 0. The van der Waals surface area contributed by atoms with Crippen LogP contribution < -0.4 is 9.47 Å². The normalized spacial score (nSPS) is 14.0. The number of cyclic esters (lactones) is 1. The summed E-state index contributed by atoms with van der Waals surface area (Å²) < 4.78 is 17.8. The van der Waals surface area contributed by atoms with E-state index >= 15 is 0 Å². The standard InChI is InChI=1S/C25H19BrN2O6/c1-15-12-18(8-11-21(15)28(30)31)24-27-20(25(29)34-24)13-17-4-3-5-22(32-2)23(17)33-14-16-6-9-19(26)10-7-16/h3-13H,14H2,1-2H3/b20-13-. The van der Waals surface area contributed by atoms with Gasteiger partial charge in [-0.15, -0.1) is 0 Å². The van der Waals surface area contributed by atoms with Gasteiger partial charge < -0.3 is 14.2 Å². The predicted octanol–water partition coefficient (Wildman–Crippen LogP) is 5.60. The van der Waals surface area contributed by atoms with Gasteiger partial charge in [0.2, 0.25) is 5.90 Å². The van der Waals surface area contributed by atoms with Crippen molar-refractivity contribution in [2.75, 3.05) is 7.11 Å². The lowest BCUT2D eigenvalue weighted by Crippen LogP contribution is -2.06. The molecule has 172 valence electrons. The highest BCUT2D eigenvalue weighted by Crippen LogP contribution is 2.34. The van der Waals surface area contributed by atoms with Gasteiger partial charge in [0.1, 0.15) is 6.61 Å². The van der Waals surface area contributed by atoms with Gasteiger partial charge in [0, 0.05) is 27.2 Å². The van der Waals surface area contributed by atoms with Gasteiger partial charge in [-0.1, -0.05) is 40.2 Å². The number of hydrogen-bond acceptors (Lipinski definition) is 7. The van der Waals surface area contributed by atoms with Gasteiger partial charge in [-0.3, -0.25) is 10.1 Å². The Morgan fingerprint density at radius 1 is 1.15 bits per heavy atom. The maximum absolute atomic E-state index is 12.5. The molecule has 8 nitrogen and oxygen atoms in total. The van der Waals surface area contributed by atoms with Crippen LogP contribution in [0, 0.1) is 17.0 Å². The summed E-state index contributed by atoms with van der Waals surface area (Å²) in [6.07, 6.45) is 1.56. The van der Waals surface area contributed by atoms with E-state index in [0.29, 0.717) is 34.8 Å². The first-order valence-electron chi connectivity index (χ1n) is 10.2. The molecule has 3 aromatic carbocycles. The van der Waals surface area contributed by atoms with Gasteiger partial charge in [0.25, 0.3) is 5.69 Å². The molecule has 0 aliphatic carbocycles. The number of ether oxygens (including phenoxy) is 3. The molecule has 0 radical (unpaired) electrons. The average Bonchev–Trinajstić information content (AvgIpc) is 3.19. The SMILES string of the molecule is COc1cccc(/C=C2\N=C(c3ccc([N+](=O)[O-])c(C)c3)OC2=O)c1OCc1ccc(Br)cc1. The molecule has 0 N–H and O–H groups in total. The zero-order valence-electron chi connectivity index (χ0n) is 18.3. The summed E-state index contributed by atoms with van der Waals surface area (Å²) in [4.78, 5) is 27.4. The second-order valence-electron chi connectivity index (χ2n) is 7.39. The maximum Gasteiger partial charge on any atom is 0.363 e. The highest BCUT2D eigenvalue weighted by Gasteiger charge is 2.26. The van der Waals surface area contributed by atoms with E-state index < -0.39 is 10.9 Å². The molecule has 0 unspecified atom stereocenters. The van der Waals surface area contributed by atoms with Crippen molar-refractivity contribution in [3.8, 4) is 11.5 Å². The molecule has 3 aromatic rings. The number of halogens is 1. The topological polar surface area (TPSA) is 100 Å². The fraction of sp³-hybridized carbons (Fsp3) is 0.120. The molecule has 0 saturated carbocycles. The lowest BCUT2D eigenvalue weighted by atomic mass is 10.1. The molecular weight excluding hydrogens is 504 g/mol. The molecule has 1 aliphatic heterocycles. The Balaban J connectivity index is 1.64. The average molecular weight is 523 g/mol. The number of aliphatic imine (C=N–C) groups is 1. The van der Waals surface area contributed by atoms with E-state index in [1.54, 1.807) is 37.3 Å². The zero-order valence-corrected chi connectivity index (χ0v) is 19.9. The highest BCUT2D eigenvalue weighted by molar-refractivity contribution is 9.10. The molecule has 0 spiro atoms. The van der Waals surface area contributed by atoms with Gasteiger partial charge in [-0.05, 0) is 48.9 Å². The Morgan fingerprint density at radius 2 is 1.91 bits per heavy atom. The first-order valence-corrected chi connectivity index (χ1v) is 11.0. The molecule has 0 fully saturated rings. The Kier molecular flexibility index (Phi) is 6.74. The van der Waals surface area contributed by atoms with E-state index in [9.17, 15) is 14.9 Å². The van der Waals surface area contributed by atoms with Crippen molar-refractivity contribution >= 4 is 39.6 Å². The molecule has 0 atom stereocenters. The number of nitro benzene ring substituents is 1. The van der Waals surface area contributed by atoms with E-state index in [1.807, 2.05) is 24.3 Å². The Morgan fingerprint density at radius 3 is 2.59 bits per heavy atom. The summed E-state index contributed by atoms with van der Waals surface area (Å²) in [6.45, 7) is 1.91. The number of nitrogens with zero attached hydrogens (tertiary/aromatic N) is 2. The third kappa shape index (κ3) is 4.99. The van der Waals surface area contributed by atoms with Crippen LogP contribution in [0.25, 0.3) is 6.08 Å². The van der Waals surface area contributed by atoms with Crippen molar-refractivity contribution in [3.05, 3.63) is 103 Å². The van der Waals surface area contributed by atoms with Gasteiger partial charge in [0.05, 0.1) is 12.0 Å². The molecule has 0 bridgehead atoms. The number of carbonyl (C=O) groups excluding carboxylic acids is 1. The van der Waals surface area contributed by atoms with Crippen LogP contribution in [0.15, 0.2) is 75.8 Å². The minimum absolute atomic E-state index is 0.0200. The van der Waals surface area contributed by atoms with Gasteiger partial charge in [-0.25, -0.2) is 9.79 Å². The number of rotatable bonds is 7. The molecule has 1 heterocycles. The summed E-state index contributed by atoms with van der Waals surface area (Å²) >= 11 is 3.41. The number of carbonyl (C=O) groups is 1. The molecule has 4 rings (SSSR count). The van der Waals surface area contributed by atoms with Crippen LogP contribution >= 0.6 is 15.9 Å². The zero-order chi connectivity index (χ0) is 24.2. The number of aryl methyl sites for hydroxylation is 1. The smallest absolute Gasteiger partial charge is 0.363 e. The lowest BCUT2D eigenvalue weighted by molar-refractivity contribution is -0.385. The van der Waals surface area contributed by atoms with Crippen molar-refractivity contribution < 1.29 is 23.9 Å². The number of benzene rings is 3. The summed E-state index contributed by atoms with van der Waals surface area (Å²) in [6, 6.07) is 17.5. The lowest BCUT2D eigenvalue weighted by Gasteiger charge is -2.13. The van der Waals surface area contributed by atoms with Gasteiger partial charge in [0.15, 0.2) is 17.2 Å². The number of para-hydroxylation sites is 1. The molecule has 0 amide bonds. The van der Waals surface area contributed by atoms with Crippen molar-refractivity contribution in [1.29, 1.82) is 0 Å². The minimum Gasteiger partial charge on any atom is -0.493 e. The van der Waals surface area contributed by atoms with Crippen LogP contribution in [-0.2, 0) is 16.1 Å². The van der Waals surface area contributed by atoms with Crippen molar-refractivity contribution in [2.45, 2.75) is 13.5 Å². The Bertz CT molecular complexity index is 1330. The molecule has 0 saturated heterocycles. The fourth-order valence-electron chi connectivity index (χ4n) is 3.37. The number of methoxy groups -OCH3 is 1. The Hall–Kier alpha value is -3.98. The largest absolute Gasteiger partial charge is 0.493 e. The number of nitro groups is 1. The molecular formula is C25H19BrN2O6. The quantitative estimate of drug-likeness (QED) is 0.173. The number of esters is 1. The molecule has 0 aromatic heterocycles. The van der Waals surface area contributed by atoms with Crippen LogP contribution in [0.2, 0.25) is 0 Å². The molecule has 34 heavy (non-hydrogen) atoms. The van der Waals surface area contributed by atoms with Crippen LogP contribution in [0.1, 0.15) is 22.3 Å². The Labute approximate surface area is 203 Å². The van der Waals surface area contributed by atoms with Crippen LogP contribution in [-0.4, -0.2) is 23.9 Å². The van der Waals surface area contributed by atoms with Crippen molar-refractivity contribution in [3.63, 3.8) is 0 Å².